The third-order valence-corrected chi connectivity index (χ3v) is 5.99. The number of aromatic nitrogens is 3. The number of esters is 1. The minimum atomic E-state index is -0.554. The van der Waals surface area contributed by atoms with Gasteiger partial charge in [0.2, 0.25) is 11.9 Å². The summed E-state index contributed by atoms with van der Waals surface area (Å²) >= 11 is 0. The summed E-state index contributed by atoms with van der Waals surface area (Å²) in [7, 11) is 8.61. The standard InChI is InChI=1S/C30H30N6O4/c1-7-27(37)32-23-16-24(26(39-5)15-19(23)11-10-14-35(2)3)33-30-31-17-21(29(38)40-6)28(34-30)22-18-36(4)25-13-9-8-12-20(22)25/h7-9,12-13,15-18H,1,14H2,2-6H3,(H,32,37)(H,31,33,34). The Balaban J connectivity index is 1.82. The number of fused-ring (bicyclic) bond motifs is 1. The number of carbonyl (C=O) groups excluding carboxylic acids is 2. The molecule has 204 valence electrons. The summed E-state index contributed by atoms with van der Waals surface area (Å²) in [4.78, 5) is 35.8. The number of amides is 1. The second-order valence-corrected chi connectivity index (χ2v) is 9.07. The Bertz CT molecular complexity index is 1660. The average molecular weight is 539 g/mol. The molecule has 0 saturated heterocycles. The molecule has 0 aliphatic carbocycles. The van der Waals surface area contributed by atoms with Crippen LogP contribution in [-0.2, 0) is 16.6 Å². The number of anilines is 3. The molecule has 0 aliphatic heterocycles. The van der Waals surface area contributed by atoms with E-state index in [0.717, 1.165) is 16.5 Å². The first-order chi connectivity index (χ1) is 19.2. The molecule has 0 saturated carbocycles. The molecule has 40 heavy (non-hydrogen) atoms. The molecular weight excluding hydrogens is 508 g/mol. The maximum absolute atomic E-state index is 12.6. The van der Waals surface area contributed by atoms with E-state index in [1.165, 1.54) is 26.5 Å². The van der Waals surface area contributed by atoms with Crippen LogP contribution in [0.15, 0.2) is 61.4 Å². The predicted molar refractivity (Wildman–Crippen MR) is 156 cm³/mol. The van der Waals surface area contributed by atoms with Crippen molar-refractivity contribution in [1.82, 2.24) is 19.4 Å². The second kappa shape index (κ2) is 12.1. The summed E-state index contributed by atoms with van der Waals surface area (Å²) in [6.45, 7) is 4.07. The molecule has 0 bridgehead atoms. The van der Waals surface area contributed by atoms with Crippen LogP contribution in [0.1, 0.15) is 15.9 Å². The Morgan fingerprint density at radius 3 is 2.65 bits per heavy atom. The SMILES string of the molecule is C=CC(=O)Nc1cc(Nc2ncc(C(=O)OC)c(-c3cn(C)c4ccccc34)n2)c(OC)cc1C#CCN(C)C. The van der Waals surface area contributed by atoms with Gasteiger partial charge < -0.3 is 24.7 Å². The highest BCUT2D eigenvalue weighted by Crippen LogP contribution is 2.35. The first-order valence-electron chi connectivity index (χ1n) is 12.3. The Hall–Kier alpha value is -5.14. The topological polar surface area (TPSA) is 111 Å². The molecule has 4 rings (SSSR count). The van der Waals surface area contributed by atoms with E-state index in [1.807, 2.05) is 61.1 Å². The third kappa shape index (κ3) is 5.95. The lowest BCUT2D eigenvalue weighted by Crippen LogP contribution is -2.12. The van der Waals surface area contributed by atoms with E-state index in [0.29, 0.717) is 34.9 Å². The van der Waals surface area contributed by atoms with Crippen LogP contribution < -0.4 is 15.4 Å². The fourth-order valence-corrected chi connectivity index (χ4v) is 4.09. The normalized spacial score (nSPS) is 10.6. The van der Waals surface area contributed by atoms with Gasteiger partial charge >= 0.3 is 5.97 Å². The van der Waals surface area contributed by atoms with Crippen molar-refractivity contribution in [3.8, 4) is 28.8 Å². The summed E-state index contributed by atoms with van der Waals surface area (Å²) in [6, 6.07) is 11.2. The van der Waals surface area contributed by atoms with E-state index in [-0.39, 0.29) is 17.4 Å². The van der Waals surface area contributed by atoms with Crippen molar-refractivity contribution >= 4 is 40.1 Å². The molecule has 0 radical (unpaired) electrons. The maximum atomic E-state index is 12.6. The van der Waals surface area contributed by atoms with Gasteiger partial charge in [-0.05, 0) is 32.3 Å². The number of carbonyl (C=O) groups is 2. The number of nitrogens with zero attached hydrogens (tertiary/aromatic N) is 4. The number of para-hydroxylation sites is 1. The number of hydrogen-bond donors (Lipinski definition) is 2. The van der Waals surface area contributed by atoms with Crippen LogP contribution in [0.25, 0.3) is 22.2 Å². The second-order valence-electron chi connectivity index (χ2n) is 9.07. The molecule has 2 aromatic carbocycles. The van der Waals surface area contributed by atoms with Crippen molar-refractivity contribution in [2.45, 2.75) is 0 Å². The van der Waals surface area contributed by atoms with Crippen molar-refractivity contribution in [2.75, 3.05) is 45.5 Å². The van der Waals surface area contributed by atoms with Gasteiger partial charge in [0.1, 0.15) is 11.3 Å². The number of hydrogen-bond acceptors (Lipinski definition) is 8. The lowest BCUT2D eigenvalue weighted by atomic mass is 10.1. The molecule has 2 aromatic heterocycles. The van der Waals surface area contributed by atoms with Gasteiger partial charge in [-0.1, -0.05) is 36.6 Å². The largest absolute Gasteiger partial charge is 0.495 e. The fraction of sp³-hybridized carbons (Fsp3) is 0.200. The molecule has 2 N–H and O–H groups in total. The number of nitrogens with one attached hydrogen (secondary N) is 2. The van der Waals surface area contributed by atoms with Crippen LogP contribution in [0.5, 0.6) is 5.75 Å². The van der Waals surface area contributed by atoms with Crippen molar-refractivity contribution in [3.05, 3.63) is 72.6 Å². The summed E-state index contributed by atoms with van der Waals surface area (Å²) in [5.41, 5.74) is 3.87. The third-order valence-electron chi connectivity index (χ3n) is 5.99. The number of methoxy groups -OCH3 is 2. The summed E-state index contributed by atoms with van der Waals surface area (Å²) in [6.07, 6.45) is 4.51. The summed E-state index contributed by atoms with van der Waals surface area (Å²) < 4.78 is 12.6. The number of aryl methyl sites for hydroxylation is 1. The first kappa shape index (κ1) is 27.9. The lowest BCUT2D eigenvalue weighted by Gasteiger charge is -2.15. The van der Waals surface area contributed by atoms with E-state index < -0.39 is 5.97 Å². The average Bonchev–Trinajstić information content (AvgIpc) is 3.29. The van der Waals surface area contributed by atoms with E-state index in [9.17, 15) is 9.59 Å². The lowest BCUT2D eigenvalue weighted by molar-refractivity contribution is -0.111. The molecule has 0 aliphatic rings. The van der Waals surface area contributed by atoms with Gasteiger partial charge in [-0.3, -0.25) is 9.69 Å². The molecule has 10 heteroatoms. The van der Waals surface area contributed by atoms with Gasteiger partial charge in [-0.25, -0.2) is 14.8 Å². The van der Waals surface area contributed by atoms with Crippen molar-refractivity contribution in [2.24, 2.45) is 7.05 Å². The summed E-state index contributed by atoms with van der Waals surface area (Å²) in [5.74, 6) is 5.88. The van der Waals surface area contributed by atoms with E-state index in [1.54, 1.807) is 12.1 Å². The Morgan fingerprint density at radius 2 is 1.95 bits per heavy atom. The number of ether oxygens (including phenoxy) is 2. The van der Waals surface area contributed by atoms with Gasteiger partial charge in [-0.2, -0.15) is 0 Å². The molecule has 1 amide bonds. The van der Waals surface area contributed by atoms with E-state index in [2.05, 4.69) is 34.0 Å². The smallest absolute Gasteiger partial charge is 0.341 e. The minimum Gasteiger partial charge on any atom is -0.495 e. The van der Waals surface area contributed by atoms with Gasteiger partial charge in [-0.15, -0.1) is 0 Å². The Kier molecular flexibility index (Phi) is 8.47. The Labute approximate surface area is 232 Å². The van der Waals surface area contributed by atoms with Gasteiger partial charge in [0, 0.05) is 42.0 Å². The van der Waals surface area contributed by atoms with Gasteiger partial charge in [0.15, 0.2) is 0 Å². The Morgan fingerprint density at radius 1 is 1.18 bits per heavy atom. The van der Waals surface area contributed by atoms with Crippen LogP contribution in [-0.4, -0.2) is 66.2 Å². The highest BCUT2D eigenvalue weighted by Gasteiger charge is 2.21. The zero-order chi connectivity index (χ0) is 28.8. The zero-order valence-corrected chi connectivity index (χ0v) is 23.0. The zero-order valence-electron chi connectivity index (χ0n) is 23.0. The highest BCUT2D eigenvalue weighted by molar-refractivity contribution is 6.03. The predicted octanol–water partition coefficient (Wildman–Crippen LogP) is 4.21. The maximum Gasteiger partial charge on any atom is 0.341 e. The fourth-order valence-electron chi connectivity index (χ4n) is 4.09. The first-order valence-corrected chi connectivity index (χ1v) is 12.3. The minimum absolute atomic E-state index is 0.210. The highest BCUT2D eigenvalue weighted by atomic mass is 16.5. The number of rotatable bonds is 8. The monoisotopic (exact) mass is 538 g/mol. The van der Waals surface area contributed by atoms with E-state index in [4.69, 9.17) is 14.5 Å². The summed E-state index contributed by atoms with van der Waals surface area (Å²) in [5, 5.41) is 6.88. The molecule has 2 heterocycles. The van der Waals surface area contributed by atoms with Crippen LogP contribution in [0.4, 0.5) is 17.3 Å². The molecule has 0 unspecified atom stereocenters. The van der Waals surface area contributed by atoms with Gasteiger partial charge in [0.25, 0.3) is 0 Å². The molecule has 4 aromatic rings. The molecule has 0 atom stereocenters. The van der Waals surface area contributed by atoms with Gasteiger partial charge in [0.05, 0.1) is 43.4 Å². The quantitative estimate of drug-likeness (QED) is 0.195. The van der Waals surface area contributed by atoms with Crippen LogP contribution >= 0.6 is 0 Å². The van der Waals surface area contributed by atoms with Crippen molar-refractivity contribution < 1.29 is 19.1 Å². The molecular formula is C30H30N6O4. The number of benzene rings is 2. The van der Waals surface area contributed by atoms with Crippen LogP contribution in [0.3, 0.4) is 0 Å². The van der Waals surface area contributed by atoms with Crippen molar-refractivity contribution in [1.29, 1.82) is 0 Å². The van der Waals surface area contributed by atoms with Crippen LogP contribution in [0.2, 0.25) is 0 Å². The molecule has 10 nitrogen and oxygen atoms in total. The van der Waals surface area contributed by atoms with Crippen molar-refractivity contribution in [3.63, 3.8) is 0 Å². The molecule has 0 spiro atoms. The van der Waals surface area contributed by atoms with Crippen LogP contribution in [0, 0.1) is 11.8 Å². The van der Waals surface area contributed by atoms with E-state index >= 15 is 0 Å². The molecule has 0 fully saturated rings.